The van der Waals surface area contributed by atoms with Crippen molar-refractivity contribution in [1.29, 1.82) is 0 Å². The zero-order chi connectivity index (χ0) is 15.7. The third-order valence-electron chi connectivity index (χ3n) is 3.51. The fourth-order valence-corrected chi connectivity index (χ4v) is 2.42. The molecule has 0 radical (unpaired) electrons. The topological polar surface area (TPSA) is 79.9 Å². The van der Waals surface area contributed by atoms with E-state index in [4.69, 9.17) is 9.15 Å². The number of benzene rings is 2. The molecule has 0 aliphatic rings. The van der Waals surface area contributed by atoms with Crippen LogP contribution < -0.4 is 10.2 Å². The highest BCUT2D eigenvalue weighted by Gasteiger charge is 2.17. The van der Waals surface area contributed by atoms with Gasteiger partial charge in [-0.25, -0.2) is 0 Å². The normalized spacial score (nSPS) is 10.8. The van der Waals surface area contributed by atoms with Gasteiger partial charge in [0.1, 0.15) is 16.9 Å². The van der Waals surface area contributed by atoms with Crippen LogP contribution in [0.15, 0.2) is 51.7 Å². The first-order valence-corrected chi connectivity index (χ1v) is 6.68. The summed E-state index contributed by atoms with van der Waals surface area (Å²) < 4.78 is 10.5. The molecule has 112 valence electrons. The van der Waals surface area contributed by atoms with Gasteiger partial charge in [0, 0.05) is 5.56 Å². The molecule has 22 heavy (non-hydrogen) atoms. The van der Waals surface area contributed by atoms with Gasteiger partial charge in [0.2, 0.25) is 5.43 Å². The molecule has 1 aromatic heterocycles. The molecule has 0 fully saturated rings. The van der Waals surface area contributed by atoms with Crippen molar-refractivity contribution in [2.75, 3.05) is 7.11 Å². The van der Waals surface area contributed by atoms with Gasteiger partial charge in [0.15, 0.2) is 0 Å². The summed E-state index contributed by atoms with van der Waals surface area (Å²) in [4.78, 5) is 12.7. The lowest BCUT2D eigenvalue weighted by atomic mass is 10.0. The minimum Gasteiger partial charge on any atom is -0.496 e. The van der Waals surface area contributed by atoms with Crippen molar-refractivity contribution in [3.63, 3.8) is 0 Å². The highest BCUT2D eigenvalue weighted by Crippen LogP contribution is 2.32. The highest BCUT2D eigenvalue weighted by atomic mass is 16.5. The van der Waals surface area contributed by atoms with Crippen LogP contribution in [0.1, 0.15) is 5.56 Å². The molecule has 2 N–H and O–H groups in total. The zero-order valence-corrected chi connectivity index (χ0v) is 11.9. The third kappa shape index (κ3) is 2.21. The van der Waals surface area contributed by atoms with Crippen molar-refractivity contribution >= 4 is 11.0 Å². The Morgan fingerprint density at radius 3 is 2.55 bits per heavy atom. The van der Waals surface area contributed by atoms with E-state index in [1.165, 1.54) is 19.2 Å². The fourth-order valence-electron chi connectivity index (χ4n) is 2.42. The van der Waals surface area contributed by atoms with Crippen molar-refractivity contribution in [3.8, 4) is 22.8 Å². The molecule has 5 heteroatoms. The lowest BCUT2D eigenvalue weighted by Crippen LogP contribution is -2.06. The van der Waals surface area contributed by atoms with E-state index in [9.17, 15) is 15.0 Å². The molecular weight excluding hydrogens is 284 g/mol. The zero-order valence-electron chi connectivity index (χ0n) is 11.9. The minimum atomic E-state index is -0.447. The number of aromatic hydroxyl groups is 1. The average Bonchev–Trinajstić information content (AvgIpc) is 2.54. The molecule has 5 nitrogen and oxygen atoms in total. The van der Waals surface area contributed by atoms with Gasteiger partial charge in [-0.3, -0.25) is 4.79 Å². The van der Waals surface area contributed by atoms with Crippen molar-refractivity contribution in [1.82, 2.24) is 0 Å². The molecule has 0 aliphatic heterocycles. The van der Waals surface area contributed by atoms with Gasteiger partial charge in [0.05, 0.1) is 19.1 Å². The first-order chi connectivity index (χ1) is 10.7. The maximum Gasteiger partial charge on any atom is 0.294 e. The summed E-state index contributed by atoms with van der Waals surface area (Å²) in [5, 5.41) is 19.7. The van der Waals surface area contributed by atoms with Gasteiger partial charge in [-0.05, 0) is 17.7 Å². The Morgan fingerprint density at radius 2 is 1.91 bits per heavy atom. The maximum absolute atomic E-state index is 12.7. The maximum atomic E-state index is 12.7. The summed E-state index contributed by atoms with van der Waals surface area (Å²) in [6, 6.07) is 11.8. The monoisotopic (exact) mass is 298 g/mol. The van der Waals surface area contributed by atoms with Gasteiger partial charge in [-0.1, -0.05) is 30.3 Å². The molecule has 2 aromatic carbocycles. The number of hydrogen-bond donors (Lipinski definition) is 2. The Bertz CT molecular complexity index is 881. The number of rotatable bonds is 3. The second kappa shape index (κ2) is 5.54. The summed E-state index contributed by atoms with van der Waals surface area (Å²) in [5.74, 6) is -0.0511. The molecule has 3 aromatic rings. The first kappa shape index (κ1) is 14.2. The predicted octanol–water partition coefficient (Wildman–Crippen LogP) is 2.67. The van der Waals surface area contributed by atoms with E-state index in [2.05, 4.69) is 0 Å². The molecular formula is C17H14O5. The van der Waals surface area contributed by atoms with E-state index in [1.54, 1.807) is 24.3 Å². The van der Waals surface area contributed by atoms with E-state index in [0.717, 1.165) is 0 Å². The van der Waals surface area contributed by atoms with Gasteiger partial charge in [-0.15, -0.1) is 0 Å². The second-order valence-electron chi connectivity index (χ2n) is 4.80. The molecule has 1 heterocycles. The van der Waals surface area contributed by atoms with Gasteiger partial charge in [-0.2, -0.15) is 0 Å². The summed E-state index contributed by atoms with van der Waals surface area (Å²) in [6.07, 6.45) is 0. The van der Waals surface area contributed by atoms with E-state index in [-0.39, 0.29) is 28.6 Å². The number of aliphatic hydroxyl groups excluding tert-OH is 1. The van der Waals surface area contributed by atoms with Crippen LogP contribution >= 0.6 is 0 Å². The van der Waals surface area contributed by atoms with E-state index < -0.39 is 5.95 Å². The Labute approximate surface area is 126 Å². The Morgan fingerprint density at radius 1 is 1.18 bits per heavy atom. The minimum absolute atomic E-state index is 0.104. The van der Waals surface area contributed by atoms with Gasteiger partial charge in [0.25, 0.3) is 5.95 Å². The summed E-state index contributed by atoms with van der Waals surface area (Å²) >= 11 is 0. The molecule has 0 amide bonds. The van der Waals surface area contributed by atoms with Crippen LogP contribution in [0.5, 0.6) is 11.7 Å². The molecule has 0 unspecified atom stereocenters. The van der Waals surface area contributed by atoms with Gasteiger partial charge >= 0.3 is 0 Å². The van der Waals surface area contributed by atoms with Crippen molar-refractivity contribution in [2.45, 2.75) is 6.61 Å². The first-order valence-electron chi connectivity index (χ1n) is 6.68. The molecule has 0 spiro atoms. The van der Waals surface area contributed by atoms with E-state index in [1.807, 2.05) is 6.07 Å². The summed E-state index contributed by atoms with van der Waals surface area (Å²) in [5.41, 5.74) is 0.998. The molecule has 0 bridgehead atoms. The Hall–Kier alpha value is -2.79. The van der Waals surface area contributed by atoms with E-state index >= 15 is 0 Å². The number of fused-ring (bicyclic) bond motifs is 1. The number of methoxy groups -OCH3 is 1. The molecule has 3 rings (SSSR count). The summed E-state index contributed by atoms with van der Waals surface area (Å²) in [7, 11) is 1.46. The number of ether oxygens (including phenoxy) is 1. The lowest BCUT2D eigenvalue weighted by Gasteiger charge is -2.09. The highest BCUT2D eigenvalue weighted by molar-refractivity contribution is 5.85. The molecule has 0 atom stereocenters. The van der Waals surface area contributed by atoms with Gasteiger partial charge < -0.3 is 19.4 Å². The number of aliphatic hydroxyl groups is 1. The van der Waals surface area contributed by atoms with Crippen LogP contribution in [0.2, 0.25) is 0 Å². The SMILES string of the molecule is COc1cc2c(=O)c(-c3ccccc3)c(O)oc2cc1CO. The standard InChI is InChI=1S/C17H14O5/c1-21-13-8-12-14(7-11(13)9-18)22-17(20)15(16(12)19)10-5-3-2-4-6-10/h2-8,18,20H,9H2,1H3. The fraction of sp³-hybridized carbons (Fsp3) is 0.118. The second-order valence-corrected chi connectivity index (χ2v) is 4.80. The van der Waals surface area contributed by atoms with Crippen molar-refractivity contribution in [2.24, 2.45) is 0 Å². The largest absolute Gasteiger partial charge is 0.496 e. The number of hydrogen-bond acceptors (Lipinski definition) is 5. The average molecular weight is 298 g/mol. The molecule has 0 aliphatic carbocycles. The van der Waals surface area contributed by atoms with Crippen LogP contribution in [0.3, 0.4) is 0 Å². The van der Waals surface area contributed by atoms with Crippen LogP contribution in [0.25, 0.3) is 22.1 Å². The van der Waals surface area contributed by atoms with Crippen LogP contribution in [-0.4, -0.2) is 17.3 Å². The Kier molecular flexibility index (Phi) is 3.56. The summed E-state index contributed by atoms with van der Waals surface area (Å²) in [6.45, 7) is -0.260. The van der Waals surface area contributed by atoms with Crippen molar-refractivity contribution in [3.05, 3.63) is 58.3 Å². The van der Waals surface area contributed by atoms with Crippen LogP contribution in [-0.2, 0) is 6.61 Å². The molecule has 0 saturated heterocycles. The van der Waals surface area contributed by atoms with Crippen molar-refractivity contribution < 1.29 is 19.4 Å². The predicted molar refractivity (Wildman–Crippen MR) is 82.1 cm³/mol. The molecule has 0 saturated carbocycles. The quantitative estimate of drug-likeness (QED) is 0.777. The smallest absolute Gasteiger partial charge is 0.294 e. The van der Waals surface area contributed by atoms with Crippen LogP contribution in [0, 0.1) is 0 Å². The third-order valence-corrected chi connectivity index (χ3v) is 3.51. The van der Waals surface area contributed by atoms with Crippen LogP contribution in [0.4, 0.5) is 0 Å². The lowest BCUT2D eigenvalue weighted by molar-refractivity contribution is 0.273. The van der Waals surface area contributed by atoms with E-state index in [0.29, 0.717) is 16.9 Å². The Balaban J connectivity index is 2.36.